The van der Waals surface area contributed by atoms with Crippen LogP contribution in [0.25, 0.3) is 21.5 Å². The summed E-state index contributed by atoms with van der Waals surface area (Å²) in [6.07, 6.45) is 1.89. The van der Waals surface area contributed by atoms with Gasteiger partial charge in [-0.05, 0) is 118 Å². The summed E-state index contributed by atoms with van der Waals surface area (Å²) in [4.78, 5) is 0. The highest BCUT2D eigenvalue weighted by Gasteiger charge is 2.46. The first-order valence-corrected chi connectivity index (χ1v) is 22.7. The second kappa shape index (κ2) is 15.0. The van der Waals surface area contributed by atoms with Gasteiger partial charge < -0.3 is 0 Å². The fourth-order valence-corrected chi connectivity index (χ4v) is 16.9. The molecule has 0 saturated carbocycles. The quantitative estimate of drug-likeness (QED) is 0.0972. The Hall–Kier alpha value is -5.64. The third kappa shape index (κ3) is 6.27. The zero-order valence-corrected chi connectivity index (χ0v) is 32.0. The Labute approximate surface area is 320 Å². The van der Waals surface area contributed by atoms with Gasteiger partial charge in [0.1, 0.15) is 46.4 Å². The van der Waals surface area contributed by atoms with Crippen molar-refractivity contribution in [3.63, 3.8) is 0 Å². The molecule has 258 valence electrons. The lowest BCUT2D eigenvalue weighted by Gasteiger charge is -2.28. The summed E-state index contributed by atoms with van der Waals surface area (Å²) in [5.41, 5.74) is 2.73. The van der Waals surface area contributed by atoms with Crippen molar-refractivity contribution in [2.75, 3.05) is 0 Å². The minimum atomic E-state index is -2.05. The van der Waals surface area contributed by atoms with Crippen LogP contribution in [0.5, 0.6) is 0 Å². The van der Waals surface area contributed by atoms with Gasteiger partial charge in [0.2, 0.25) is 0 Å². The third-order valence-corrected chi connectivity index (χ3v) is 19.7. The molecular weight excluding hydrogens is 687 g/mol. The van der Waals surface area contributed by atoms with E-state index in [-0.39, 0.29) is 0 Å². The molecule has 0 aromatic heterocycles. The molecule has 0 atom stereocenters. The molecule has 54 heavy (non-hydrogen) atoms. The zero-order valence-electron chi connectivity index (χ0n) is 30.2. The molecule has 0 radical (unpaired) electrons. The monoisotopic (exact) mass is 728 g/mol. The maximum atomic E-state index is 2.50. The van der Waals surface area contributed by atoms with Crippen molar-refractivity contribution in [2.24, 2.45) is 0 Å². The minimum absolute atomic E-state index is 0.946. The van der Waals surface area contributed by atoms with Crippen molar-refractivity contribution in [1.29, 1.82) is 0 Å². The molecule has 0 nitrogen and oxygen atoms in total. The van der Waals surface area contributed by atoms with E-state index in [2.05, 4.69) is 231 Å². The number of hydrogen-bond acceptors (Lipinski definition) is 0. The van der Waals surface area contributed by atoms with Gasteiger partial charge in [0.25, 0.3) is 0 Å². The van der Waals surface area contributed by atoms with Crippen LogP contribution in [0.2, 0.25) is 0 Å². The second-order valence-corrected chi connectivity index (χ2v) is 21.1. The molecule has 0 aliphatic carbocycles. The van der Waals surface area contributed by atoms with E-state index in [1.807, 2.05) is 0 Å². The Bertz CT molecular complexity index is 2240. The SMILES string of the molecule is c1ccc([P+](Cc2ccc3ccc4ccc(C[P+](c5ccccc5)(c5ccccc5)c5ccccc5)cc4c3c2)(c2ccccc2)c2ccccc2)cc1. The van der Waals surface area contributed by atoms with Crippen molar-refractivity contribution in [3.05, 3.63) is 242 Å². The molecular formula is C52H42P2+2. The summed E-state index contributed by atoms with van der Waals surface area (Å²) in [7, 11) is -4.10. The van der Waals surface area contributed by atoms with Crippen molar-refractivity contribution in [3.8, 4) is 0 Å². The third-order valence-electron chi connectivity index (χ3n) is 11.0. The van der Waals surface area contributed by atoms with Crippen LogP contribution in [0, 0.1) is 0 Å². The van der Waals surface area contributed by atoms with Crippen LogP contribution >= 0.6 is 14.5 Å². The van der Waals surface area contributed by atoms with E-state index in [0.29, 0.717) is 0 Å². The van der Waals surface area contributed by atoms with Crippen molar-refractivity contribution < 1.29 is 0 Å². The first kappa shape index (κ1) is 34.1. The molecule has 9 rings (SSSR count). The topological polar surface area (TPSA) is 0 Å². The standard InChI is InChI=1S/C52H42P2/c1-7-19-45(20-8-1)53(46-21-9-2-10-22-46,47-23-11-3-12-24-47)39-41-31-33-43-35-36-44-34-32-42(38-52(44)51(43)37-41)40-54(48-25-13-4-14-26-48,49-27-15-5-16-28-49)50-29-17-6-18-30-50/h1-38H,39-40H2/q+2. The highest BCUT2D eigenvalue weighted by molar-refractivity contribution is 7.95. The second-order valence-electron chi connectivity index (χ2n) is 14.1. The summed E-state index contributed by atoms with van der Waals surface area (Å²) >= 11 is 0. The predicted octanol–water partition coefficient (Wildman–Crippen LogP) is 11.0. The van der Waals surface area contributed by atoms with E-state index >= 15 is 0 Å². The summed E-state index contributed by atoms with van der Waals surface area (Å²) in [6.45, 7) is 0. The van der Waals surface area contributed by atoms with E-state index < -0.39 is 14.5 Å². The van der Waals surface area contributed by atoms with Crippen molar-refractivity contribution >= 4 is 67.9 Å². The summed E-state index contributed by atoms with van der Waals surface area (Å²) in [5, 5.41) is 13.7. The van der Waals surface area contributed by atoms with Gasteiger partial charge >= 0.3 is 0 Å². The van der Waals surface area contributed by atoms with Gasteiger partial charge in [-0.3, -0.25) is 0 Å². The average molecular weight is 729 g/mol. The van der Waals surface area contributed by atoms with Crippen LogP contribution in [-0.4, -0.2) is 0 Å². The van der Waals surface area contributed by atoms with Crippen LogP contribution < -0.4 is 31.8 Å². The average Bonchev–Trinajstić information content (AvgIpc) is 3.26. The lowest BCUT2D eigenvalue weighted by atomic mass is 9.99. The van der Waals surface area contributed by atoms with Gasteiger partial charge in [0.15, 0.2) is 0 Å². The molecule has 9 aromatic rings. The van der Waals surface area contributed by atoms with E-state index in [1.54, 1.807) is 0 Å². The molecule has 9 aromatic carbocycles. The number of rotatable bonds is 10. The summed E-state index contributed by atoms with van der Waals surface area (Å²) in [6, 6.07) is 86.4. The van der Waals surface area contributed by atoms with Gasteiger partial charge in [0, 0.05) is 0 Å². The first-order valence-electron chi connectivity index (χ1n) is 18.8. The van der Waals surface area contributed by atoms with Crippen LogP contribution in [0.4, 0.5) is 0 Å². The molecule has 0 spiro atoms. The highest BCUT2D eigenvalue weighted by atomic mass is 31.2. The van der Waals surface area contributed by atoms with E-state index in [1.165, 1.54) is 64.5 Å². The first-order chi connectivity index (χ1) is 26.7. The van der Waals surface area contributed by atoms with Crippen LogP contribution in [0.1, 0.15) is 11.1 Å². The Morgan fingerprint density at radius 2 is 0.463 bits per heavy atom. The largest absolute Gasteiger partial charge is 0.116 e. The molecule has 2 heteroatoms. The number of hydrogen-bond donors (Lipinski definition) is 0. The smallest absolute Gasteiger partial charge is 0.0620 e. The summed E-state index contributed by atoms with van der Waals surface area (Å²) < 4.78 is 0. The van der Waals surface area contributed by atoms with Gasteiger partial charge in [-0.25, -0.2) is 0 Å². The zero-order chi connectivity index (χ0) is 36.2. The Kier molecular flexibility index (Phi) is 9.49. The molecule has 0 fully saturated rings. The lowest BCUT2D eigenvalue weighted by molar-refractivity contribution is 1.40. The maximum absolute atomic E-state index is 2.50. The van der Waals surface area contributed by atoms with E-state index in [4.69, 9.17) is 0 Å². The maximum Gasteiger partial charge on any atom is 0.116 e. The Morgan fingerprint density at radius 3 is 0.704 bits per heavy atom. The lowest BCUT2D eigenvalue weighted by Crippen LogP contribution is -2.32. The predicted molar refractivity (Wildman–Crippen MR) is 239 cm³/mol. The number of benzene rings is 9. The van der Waals surface area contributed by atoms with Gasteiger partial charge in [-0.2, -0.15) is 0 Å². The number of fused-ring (bicyclic) bond motifs is 3. The Balaban J connectivity index is 1.22. The minimum Gasteiger partial charge on any atom is -0.0620 e. The normalized spacial score (nSPS) is 11.9. The highest BCUT2D eigenvalue weighted by Crippen LogP contribution is 2.59. The molecule has 0 bridgehead atoms. The molecule has 0 heterocycles. The Morgan fingerprint density at radius 1 is 0.241 bits per heavy atom. The molecule has 0 aliphatic rings. The molecule has 0 unspecified atom stereocenters. The van der Waals surface area contributed by atoms with Crippen LogP contribution in [0.15, 0.2) is 231 Å². The van der Waals surface area contributed by atoms with Gasteiger partial charge in [-0.1, -0.05) is 146 Å². The summed E-state index contributed by atoms with van der Waals surface area (Å²) in [5.74, 6) is 0. The van der Waals surface area contributed by atoms with Crippen LogP contribution in [0.3, 0.4) is 0 Å². The molecule has 0 N–H and O–H groups in total. The van der Waals surface area contributed by atoms with Gasteiger partial charge in [0.05, 0.1) is 12.3 Å². The molecule has 0 aliphatic heterocycles. The van der Waals surface area contributed by atoms with Gasteiger partial charge in [-0.15, -0.1) is 0 Å². The van der Waals surface area contributed by atoms with Crippen LogP contribution in [-0.2, 0) is 12.3 Å². The fourth-order valence-electron chi connectivity index (χ4n) is 8.43. The fraction of sp³-hybridized carbons (Fsp3) is 0.0385. The van der Waals surface area contributed by atoms with E-state index in [9.17, 15) is 0 Å². The van der Waals surface area contributed by atoms with Crippen molar-refractivity contribution in [1.82, 2.24) is 0 Å². The van der Waals surface area contributed by atoms with Crippen molar-refractivity contribution in [2.45, 2.75) is 12.3 Å². The van der Waals surface area contributed by atoms with E-state index in [0.717, 1.165) is 12.3 Å². The molecule has 0 amide bonds. The molecule has 0 saturated heterocycles.